The van der Waals surface area contributed by atoms with Crippen LogP contribution in [0, 0.1) is 0 Å². The summed E-state index contributed by atoms with van der Waals surface area (Å²) in [6.07, 6.45) is 16.9. The zero-order chi connectivity index (χ0) is 59.9. The highest BCUT2D eigenvalue weighted by Gasteiger charge is 2.36. The summed E-state index contributed by atoms with van der Waals surface area (Å²) < 4.78 is 54.2. The molecule has 7 atom stereocenters. The Kier molecular flexibility index (Phi) is 28.6. The summed E-state index contributed by atoms with van der Waals surface area (Å²) >= 11 is 18.5. The van der Waals surface area contributed by atoms with Gasteiger partial charge in [-0.25, -0.2) is 0 Å². The molecule has 7 unspecified atom stereocenters. The summed E-state index contributed by atoms with van der Waals surface area (Å²) in [6.45, 7) is 11.0. The van der Waals surface area contributed by atoms with Crippen LogP contribution in [-0.2, 0) is 49.0 Å². The molecule has 81 heavy (non-hydrogen) atoms. The molecule has 4 rings (SSSR count). The van der Waals surface area contributed by atoms with Gasteiger partial charge in [0.25, 0.3) is 0 Å². The van der Waals surface area contributed by atoms with E-state index < -0.39 is 55.7 Å². The predicted molar refractivity (Wildman–Crippen MR) is 349 cm³/mol. The molecule has 0 saturated heterocycles. The van der Waals surface area contributed by atoms with Crippen molar-refractivity contribution in [3.63, 3.8) is 0 Å². The van der Waals surface area contributed by atoms with Crippen LogP contribution < -0.4 is 18.9 Å². The van der Waals surface area contributed by atoms with E-state index in [1.807, 2.05) is 130 Å². The SMILES string of the molecule is CCCCCCC(C)(Oc1ccc(/C=N/N(C)[PH](=S)C(C)(CCCC)Oc2ccc(/C=N/N(C)[PH](=S)C(C)(C)Oc3ccc(C(O)P(=O)(OC)OC)cc3)cc2)cc1)[PH](=S)N(C)/N=C/c1ccc(OC(C)(CCCCC)N=[N+]=[N-])cc1. The van der Waals surface area contributed by atoms with E-state index in [4.69, 9.17) is 73.6 Å². The number of azide groups is 1. The molecule has 0 saturated carbocycles. The van der Waals surface area contributed by atoms with Crippen molar-refractivity contribution in [2.45, 2.75) is 160 Å². The molecule has 0 aliphatic carbocycles. The third-order valence-electron chi connectivity index (χ3n) is 13.5. The van der Waals surface area contributed by atoms with Gasteiger partial charge in [0.1, 0.15) is 39.0 Å². The van der Waals surface area contributed by atoms with E-state index in [1.54, 1.807) is 41.5 Å². The van der Waals surface area contributed by atoms with Gasteiger partial charge >= 0.3 is 7.60 Å². The van der Waals surface area contributed by atoms with Crippen molar-refractivity contribution in [3.8, 4) is 23.0 Å². The number of rotatable bonds is 37. The average molecular weight is 1250 g/mol. The normalized spacial score (nSPS) is 15.9. The third kappa shape index (κ3) is 21.5. The Morgan fingerprint density at radius 1 is 0.556 bits per heavy atom. The van der Waals surface area contributed by atoms with Gasteiger partial charge in [-0.1, -0.05) is 107 Å². The van der Waals surface area contributed by atoms with Gasteiger partial charge < -0.3 is 33.1 Å². The fraction of sp³-hybridized carbons (Fsp3) is 0.526. The van der Waals surface area contributed by atoms with Gasteiger partial charge in [0.05, 0.1) is 39.2 Å². The topological polar surface area (TPSA) is 188 Å². The van der Waals surface area contributed by atoms with Crippen LogP contribution in [0.2, 0.25) is 0 Å². The van der Waals surface area contributed by atoms with E-state index in [-0.39, 0.29) is 0 Å². The number of hydrogen-bond donors (Lipinski definition) is 1. The lowest BCUT2D eigenvalue weighted by atomic mass is 10.1. The molecule has 0 amide bonds. The molecule has 1 N–H and O–H groups in total. The molecular formula is C57H87N9O8P4S3. The van der Waals surface area contributed by atoms with Gasteiger partial charge in [0, 0.05) is 40.3 Å². The lowest BCUT2D eigenvalue weighted by molar-refractivity contribution is 0.0835. The van der Waals surface area contributed by atoms with Crippen molar-refractivity contribution in [1.29, 1.82) is 0 Å². The molecular weight excluding hydrogens is 1160 g/mol. The summed E-state index contributed by atoms with van der Waals surface area (Å²) in [6, 6.07) is 29.9. The van der Waals surface area contributed by atoms with Crippen LogP contribution in [0.4, 0.5) is 0 Å². The second-order valence-electron chi connectivity index (χ2n) is 20.9. The van der Waals surface area contributed by atoms with Crippen molar-refractivity contribution in [2.75, 3.05) is 35.4 Å². The predicted octanol–water partition coefficient (Wildman–Crippen LogP) is 16.3. The Morgan fingerprint density at radius 2 is 0.914 bits per heavy atom. The first kappa shape index (κ1) is 69.4. The number of benzene rings is 4. The van der Waals surface area contributed by atoms with Gasteiger partial charge in [-0.15, -0.1) is 0 Å². The highest BCUT2D eigenvalue weighted by atomic mass is 32.4. The molecule has 0 heterocycles. The van der Waals surface area contributed by atoms with E-state index in [0.29, 0.717) is 29.2 Å². The first-order valence-corrected chi connectivity index (χ1v) is 36.9. The van der Waals surface area contributed by atoms with Crippen LogP contribution in [0.25, 0.3) is 10.4 Å². The highest BCUT2D eigenvalue weighted by molar-refractivity contribution is 8.05. The Bertz CT molecular complexity index is 2840. The van der Waals surface area contributed by atoms with Gasteiger partial charge in [-0.2, -0.15) is 15.3 Å². The van der Waals surface area contributed by atoms with Crippen molar-refractivity contribution in [2.24, 2.45) is 20.4 Å². The van der Waals surface area contributed by atoms with Gasteiger partial charge in [0.2, 0.25) is 0 Å². The number of hydrogen-bond acceptors (Lipinski definition) is 15. The zero-order valence-corrected chi connectivity index (χ0v) is 55.9. The number of hydrazone groups is 3. The lowest BCUT2D eigenvalue weighted by Crippen LogP contribution is -2.31. The van der Waals surface area contributed by atoms with Crippen LogP contribution in [0.3, 0.4) is 0 Å². The Hall–Kier alpha value is -4.14. The highest BCUT2D eigenvalue weighted by Crippen LogP contribution is 2.58. The van der Waals surface area contributed by atoms with Crippen LogP contribution in [0.5, 0.6) is 23.0 Å². The fourth-order valence-corrected chi connectivity index (χ4v) is 15.1. The third-order valence-corrected chi connectivity index (χ3v) is 27.6. The van der Waals surface area contributed by atoms with E-state index in [0.717, 1.165) is 93.1 Å². The van der Waals surface area contributed by atoms with Crippen molar-refractivity contribution >= 4 is 82.2 Å². The first-order valence-electron chi connectivity index (χ1n) is 27.5. The van der Waals surface area contributed by atoms with Crippen LogP contribution in [-0.4, -0.2) is 95.2 Å². The molecule has 4 aromatic rings. The van der Waals surface area contributed by atoms with E-state index >= 15 is 0 Å². The summed E-state index contributed by atoms with van der Waals surface area (Å²) in [7, 11) is 4.43. The van der Waals surface area contributed by atoms with Gasteiger partial charge in [-0.05, 0) is 191 Å². The summed E-state index contributed by atoms with van der Waals surface area (Å²) in [5, 5.41) is 26.8. The molecule has 0 bridgehead atoms. The van der Waals surface area contributed by atoms with Crippen molar-refractivity contribution in [3.05, 3.63) is 130 Å². The molecule has 0 radical (unpaired) electrons. The summed E-state index contributed by atoms with van der Waals surface area (Å²) in [4.78, 5) is 3.04. The Balaban J connectivity index is 1.39. The molecule has 0 spiro atoms. The molecule has 0 aliphatic heterocycles. The van der Waals surface area contributed by atoms with E-state index in [9.17, 15) is 15.2 Å². The average Bonchev–Trinajstić information content (AvgIpc) is 3.46. The maximum atomic E-state index is 12.7. The minimum Gasteiger partial charge on any atom is -0.481 e. The quantitative estimate of drug-likeness (QED) is 0.00854. The van der Waals surface area contributed by atoms with E-state index in [1.165, 1.54) is 14.2 Å². The Labute approximate surface area is 499 Å². The second-order valence-corrected chi connectivity index (χ2v) is 33.8. The molecule has 0 aromatic heterocycles. The summed E-state index contributed by atoms with van der Waals surface area (Å²) in [5.74, 6) is 1.15. The van der Waals surface area contributed by atoms with E-state index in [2.05, 4.69) is 49.7 Å². The molecule has 0 fully saturated rings. The smallest absolute Gasteiger partial charge is 0.362 e. The fourth-order valence-electron chi connectivity index (χ4n) is 8.56. The van der Waals surface area contributed by atoms with Gasteiger partial charge in [-0.3, -0.25) is 18.9 Å². The largest absolute Gasteiger partial charge is 0.481 e. The van der Waals surface area contributed by atoms with Crippen LogP contribution >= 0.6 is 28.1 Å². The second kappa shape index (κ2) is 33.4. The molecule has 4 aromatic carbocycles. The maximum absolute atomic E-state index is 12.7. The van der Waals surface area contributed by atoms with Crippen LogP contribution in [0.1, 0.15) is 161 Å². The number of aliphatic hydroxyl groups is 1. The molecule has 446 valence electrons. The number of aliphatic hydroxyl groups excluding tert-OH is 1. The van der Waals surface area contributed by atoms with Gasteiger partial charge in [0.15, 0.2) is 11.6 Å². The standard InChI is InChI=1S/C57H87N9O8P4S3/c1-14-17-20-22-41-57(8,77(81)66(11)61-43-45-23-31-50(32-24-45)72-55(6,62-63-58)39-21-18-15-2)74-52-35-27-47(28-36-52)44-60-65(10)76(80)56(7,40-19-16-3)73-51-33-25-46(26-34-51)42-59-64(9)75(79)54(4,5)71-49-37-29-48(30-38-49)53(67)78(68,69-12)70-13/h23-38,42-44,53,67,75-77H,14-22,39-41H2,1-13H3/b59-42+,60-44+,61-43+. The lowest BCUT2D eigenvalue weighted by Gasteiger charge is -2.35. The maximum Gasteiger partial charge on any atom is 0.362 e. The number of unbranched alkanes of at least 4 members (excludes halogenated alkanes) is 6. The number of ether oxygens (including phenoxy) is 4. The van der Waals surface area contributed by atoms with Crippen molar-refractivity contribution < 1.29 is 37.7 Å². The van der Waals surface area contributed by atoms with Crippen LogP contribution in [0.15, 0.2) is 117 Å². The monoisotopic (exact) mass is 1250 g/mol. The first-order chi connectivity index (χ1) is 38.4. The molecule has 17 nitrogen and oxygen atoms in total. The molecule has 0 aliphatic rings. The molecule has 24 heteroatoms. The minimum atomic E-state index is -3.72. The Morgan fingerprint density at radius 3 is 1.32 bits per heavy atom. The number of nitrogens with zero attached hydrogens (tertiary/aromatic N) is 9. The minimum absolute atomic E-state index is 0.372. The zero-order valence-electron chi connectivity index (χ0n) is 49.5. The van der Waals surface area contributed by atoms with Crippen molar-refractivity contribution in [1.82, 2.24) is 14.3 Å². The summed E-state index contributed by atoms with van der Waals surface area (Å²) in [5.41, 5.74) is 11.3.